The van der Waals surface area contributed by atoms with Gasteiger partial charge in [-0.1, -0.05) is 30.3 Å². The Bertz CT molecular complexity index is 801. The van der Waals surface area contributed by atoms with E-state index in [0.29, 0.717) is 13.2 Å². The van der Waals surface area contributed by atoms with Gasteiger partial charge in [0.25, 0.3) is 0 Å². The van der Waals surface area contributed by atoms with Crippen molar-refractivity contribution in [2.45, 2.75) is 37.8 Å². The summed E-state index contributed by atoms with van der Waals surface area (Å²) in [5, 5.41) is 15.4. The Kier molecular flexibility index (Phi) is 6.31. The summed E-state index contributed by atoms with van der Waals surface area (Å²) in [6.07, 6.45) is 2.62. The molecule has 0 radical (unpaired) electrons. The van der Waals surface area contributed by atoms with Gasteiger partial charge in [0, 0.05) is 6.54 Å². The molecule has 1 saturated carbocycles. The van der Waals surface area contributed by atoms with Crippen molar-refractivity contribution < 1.29 is 19.4 Å². The fourth-order valence-corrected chi connectivity index (χ4v) is 3.32. The van der Waals surface area contributed by atoms with E-state index in [9.17, 15) is 9.59 Å². The van der Waals surface area contributed by atoms with Crippen LogP contribution in [0.15, 0.2) is 54.6 Å². The topological polar surface area (TPSA) is 87.7 Å². The number of hydrogen-bond donors (Lipinski definition) is 3. The van der Waals surface area contributed by atoms with Crippen molar-refractivity contribution >= 4 is 11.9 Å². The number of nitrogens with one attached hydrogen (secondary N) is 2. The first-order valence-corrected chi connectivity index (χ1v) is 9.57. The van der Waals surface area contributed by atoms with E-state index in [1.54, 1.807) is 24.3 Å². The third-order valence-corrected chi connectivity index (χ3v) is 5.22. The van der Waals surface area contributed by atoms with Crippen molar-refractivity contribution in [2.24, 2.45) is 0 Å². The Morgan fingerprint density at radius 3 is 2.36 bits per heavy atom. The Balaban J connectivity index is 1.51. The lowest BCUT2D eigenvalue weighted by atomic mass is 9.75. The van der Waals surface area contributed by atoms with Crippen LogP contribution >= 0.6 is 0 Å². The summed E-state index contributed by atoms with van der Waals surface area (Å²) in [6.45, 7) is 2.98. The highest BCUT2D eigenvalue weighted by Gasteiger charge is 2.43. The molecule has 1 fully saturated rings. The summed E-state index contributed by atoms with van der Waals surface area (Å²) in [5.41, 5.74) is 0.563. The number of ether oxygens (including phenoxy) is 1. The molecule has 0 bridgehead atoms. The van der Waals surface area contributed by atoms with E-state index in [4.69, 9.17) is 9.84 Å². The molecule has 3 N–H and O–H groups in total. The van der Waals surface area contributed by atoms with Crippen molar-refractivity contribution in [3.05, 3.63) is 65.7 Å². The fraction of sp³-hybridized carbons (Fsp3) is 0.364. The van der Waals surface area contributed by atoms with E-state index < -0.39 is 11.5 Å². The molecule has 148 valence electrons. The molecule has 1 atom stereocenters. The molecule has 6 nitrogen and oxygen atoms in total. The van der Waals surface area contributed by atoms with Crippen LogP contribution in [-0.4, -0.2) is 35.7 Å². The quantitative estimate of drug-likeness (QED) is 0.580. The van der Waals surface area contributed by atoms with Crippen LogP contribution < -0.4 is 15.4 Å². The number of amides is 1. The minimum atomic E-state index is -0.960. The second-order valence-corrected chi connectivity index (χ2v) is 7.15. The number of carboxylic acid groups (broad SMARTS) is 1. The average Bonchev–Trinajstić information content (AvgIpc) is 2.67. The maximum Gasteiger partial charge on any atom is 0.335 e. The van der Waals surface area contributed by atoms with Crippen LogP contribution in [0.3, 0.4) is 0 Å². The van der Waals surface area contributed by atoms with Gasteiger partial charge in [-0.3, -0.25) is 10.1 Å². The van der Waals surface area contributed by atoms with Gasteiger partial charge in [-0.25, -0.2) is 4.79 Å². The molecule has 0 spiro atoms. The number of rotatable bonds is 9. The van der Waals surface area contributed by atoms with Gasteiger partial charge in [-0.2, -0.15) is 0 Å². The number of carbonyl (C=O) groups excluding carboxylic acids is 1. The van der Waals surface area contributed by atoms with Crippen LogP contribution in [0.1, 0.15) is 48.1 Å². The van der Waals surface area contributed by atoms with Gasteiger partial charge < -0.3 is 15.2 Å². The third kappa shape index (κ3) is 4.70. The largest absolute Gasteiger partial charge is 0.492 e. The van der Waals surface area contributed by atoms with E-state index >= 15 is 0 Å². The summed E-state index contributed by atoms with van der Waals surface area (Å²) in [6, 6.07) is 16.0. The summed E-state index contributed by atoms with van der Waals surface area (Å²) in [4.78, 5) is 23.8. The summed E-state index contributed by atoms with van der Waals surface area (Å²) < 4.78 is 5.69. The zero-order valence-electron chi connectivity index (χ0n) is 16.0. The second kappa shape index (κ2) is 8.89. The first kappa shape index (κ1) is 19.9. The Morgan fingerprint density at radius 2 is 1.79 bits per heavy atom. The number of carbonyl (C=O) groups is 2. The highest BCUT2D eigenvalue weighted by molar-refractivity contribution is 5.88. The second-order valence-electron chi connectivity index (χ2n) is 7.15. The van der Waals surface area contributed by atoms with Crippen LogP contribution in [0.2, 0.25) is 0 Å². The Hall–Kier alpha value is -2.86. The molecule has 3 rings (SSSR count). The molecule has 1 amide bonds. The standard InChI is InChI=1S/C22H26N2O4/c1-16(17-8-10-18(11-9-17)20(25)26)24-21(27)22(12-5-13-22)23-14-15-28-19-6-3-2-4-7-19/h2-4,6-11,16,23H,5,12-15H2,1H3,(H,24,27)(H,25,26)/t16-/m0/s1. The maximum absolute atomic E-state index is 12.9. The molecule has 2 aromatic carbocycles. The molecule has 6 heteroatoms. The molecule has 0 aromatic heterocycles. The van der Waals surface area contributed by atoms with Crippen molar-refractivity contribution in [3.8, 4) is 5.75 Å². The Labute approximate surface area is 164 Å². The lowest BCUT2D eigenvalue weighted by Crippen LogP contribution is -2.62. The number of para-hydroxylation sites is 1. The molecule has 1 aliphatic carbocycles. The van der Waals surface area contributed by atoms with Gasteiger partial charge in [0.1, 0.15) is 12.4 Å². The molecule has 0 aliphatic heterocycles. The predicted molar refractivity (Wildman–Crippen MR) is 106 cm³/mol. The number of benzene rings is 2. The molecule has 1 aliphatic rings. The lowest BCUT2D eigenvalue weighted by Gasteiger charge is -2.41. The smallest absolute Gasteiger partial charge is 0.335 e. The molecule has 0 unspecified atom stereocenters. The van der Waals surface area contributed by atoms with Crippen LogP contribution in [0.4, 0.5) is 0 Å². The first-order valence-electron chi connectivity index (χ1n) is 9.57. The highest BCUT2D eigenvalue weighted by atomic mass is 16.5. The third-order valence-electron chi connectivity index (χ3n) is 5.22. The normalized spacial score (nSPS) is 15.9. The molecule has 0 heterocycles. The number of hydrogen-bond acceptors (Lipinski definition) is 4. The van der Waals surface area contributed by atoms with E-state index in [-0.39, 0.29) is 17.5 Å². The molecule has 0 saturated heterocycles. The number of aromatic carboxylic acids is 1. The zero-order chi connectivity index (χ0) is 20.0. The zero-order valence-corrected chi connectivity index (χ0v) is 16.0. The van der Waals surface area contributed by atoms with Gasteiger partial charge in [0.15, 0.2) is 0 Å². The van der Waals surface area contributed by atoms with Gasteiger partial charge in [-0.05, 0) is 56.0 Å². The first-order chi connectivity index (χ1) is 13.5. The van der Waals surface area contributed by atoms with Gasteiger partial charge >= 0.3 is 5.97 Å². The van der Waals surface area contributed by atoms with Gasteiger partial charge in [0.2, 0.25) is 5.91 Å². The fourth-order valence-electron chi connectivity index (χ4n) is 3.32. The predicted octanol–water partition coefficient (Wildman–Crippen LogP) is 3.15. The van der Waals surface area contributed by atoms with Crippen molar-refractivity contribution in [1.82, 2.24) is 10.6 Å². The summed E-state index contributed by atoms with van der Waals surface area (Å²) >= 11 is 0. The SMILES string of the molecule is C[C@H](NC(=O)C1(NCCOc2ccccc2)CCC1)c1ccc(C(=O)O)cc1. The van der Waals surface area contributed by atoms with Crippen LogP contribution in [-0.2, 0) is 4.79 Å². The van der Waals surface area contributed by atoms with Crippen molar-refractivity contribution in [3.63, 3.8) is 0 Å². The van der Waals surface area contributed by atoms with Crippen LogP contribution in [0, 0.1) is 0 Å². The monoisotopic (exact) mass is 382 g/mol. The van der Waals surface area contributed by atoms with Crippen LogP contribution in [0.5, 0.6) is 5.75 Å². The molecule has 28 heavy (non-hydrogen) atoms. The van der Waals surface area contributed by atoms with E-state index in [2.05, 4.69) is 10.6 Å². The summed E-state index contributed by atoms with van der Waals surface area (Å²) in [5.74, 6) is -0.165. The van der Waals surface area contributed by atoms with Crippen molar-refractivity contribution in [1.29, 1.82) is 0 Å². The van der Waals surface area contributed by atoms with E-state index in [1.807, 2.05) is 37.3 Å². The van der Waals surface area contributed by atoms with E-state index in [0.717, 1.165) is 30.6 Å². The van der Waals surface area contributed by atoms with Crippen molar-refractivity contribution in [2.75, 3.05) is 13.2 Å². The Morgan fingerprint density at radius 1 is 1.11 bits per heavy atom. The average molecular weight is 382 g/mol. The van der Waals surface area contributed by atoms with Gasteiger partial charge in [0.05, 0.1) is 17.1 Å². The molecular weight excluding hydrogens is 356 g/mol. The highest BCUT2D eigenvalue weighted by Crippen LogP contribution is 2.32. The van der Waals surface area contributed by atoms with Crippen LogP contribution in [0.25, 0.3) is 0 Å². The van der Waals surface area contributed by atoms with E-state index in [1.165, 1.54) is 0 Å². The van der Waals surface area contributed by atoms with Gasteiger partial charge in [-0.15, -0.1) is 0 Å². The minimum Gasteiger partial charge on any atom is -0.492 e. The summed E-state index contributed by atoms with van der Waals surface area (Å²) in [7, 11) is 0. The maximum atomic E-state index is 12.9. The molecular formula is C22H26N2O4. The molecule has 2 aromatic rings. The lowest BCUT2D eigenvalue weighted by molar-refractivity contribution is -0.131. The minimum absolute atomic E-state index is 0.0201. The number of carboxylic acids is 1.